The highest BCUT2D eigenvalue weighted by Crippen LogP contribution is 2.02. The highest BCUT2D eigenvalue weighted by Gasteiger charge is 2.03. The first-order valence-corrected chi connectivity index (χ1v) is 6.23. The van der Waals surface area contributed by atoms with Crippen molar-refractivity contribution in [3.05, 3.63) is 0 Å². The highest BCUT2D eigenvalue weighted by molar-refractivity contribution is 5.94. The summed E-state index contributed by atoms with van der Waals surface area (Å²) in [5, 5.41) is 6.90. The van der Waals surface area contributed by atoms with Crippen LogP contribution >= 0.6 is 0 Å². The minimum atomic E-state index is -0.468. The smallest absolute Gasteiger partial charge is 0.313 e. The van der Waals surface area contributed by atoms with Gasteiger partial charge in [-0.3, -0.25) is 10.2 Å². The molecule has 5 nitrogen and oxygen atoms in total. The molecule has 0 atom stereocenters. The largest absolute Gasteiger partial charge is 0.463 e. The third-order valence-corrected chi connectivity index (χ3v) is 2.22. The number of rotatable bonds is 11. The molecule has 0 aromatic heterocycles. The van der Waals surface area contributed by atoms with E-state index in [4.69, 9.17) is 20.6 Å². The van der Waals surface area contributed by atoms with Gasteiger partial charge in [0.1, 0.15) is 18.9 Å². The van der Waals surface area contributed by atoms with Crippen LogP contribution in [0.1, 0.15) is 45.4 Å². The molecule has 100 valence electrons. The normalized spacial score (nSPS) is 10.2. The molecule has 0 amide bonds. The standard InChI is InChI=1S/C12H24N2O3/c1-2-3-4-5-6-7-16-8-9-17-12(15)10-11(13)14/h2-10H2,1H3,(H3,13,14). The van der Waals surface area contributed by atoms with Crippen molar-refractivity contribution < 1.29 is 14.3 Å². The van der Waals surface area contributed by atoms with E-state index >= 15 is 0 Å². The van der Waals surface area contributed by atoms with Crippen LogP contribution in [0.15, 0.2) is 0 Å². The first kappa shape index (κ1) is 15.9. The van der Waals surface area contributed by atoms with E-state index in [0.717, 1.165) is 6.42 Å². The number of carbonyl (C=O) groups excluding carboxylic acids is 1. The molecule has 0 bridgehead atoms. The van der Waals surface area contributed by atoms with Gasteiger partial charge in [0.05, 0.1) is 6.61 Å². The van der Waals surface area contributed by atoms with Crippen LogP contribution in [0.5, 0.6) is 0 Å². The molecule has 0 aliphatic heterocycles. The Labute approximate surface area is 103 Å². The van der Waals surface area contributed by atoms with Crippen LogP contribution in [-0.2, 0) is 14.3 Å². The molecule has 0 aliphatic rings. The fraction of sp³-hybridized carbons (Fsp3) is 0.833. The maximum Gasteiger partial charge on any atom is 0.313 e. The summed E-state index contributed by atoms with van der Waals surface area (Å²) in [4.78, 5) is 11.0. The Bertz CT molecular complexity index is 220. The Hall–Kier alpha value is -1.10. The van der Waals surface area contributed by atoms with Crippen molar-refractivity contribution in [2.75, 3.05) is 19.8 Å². The van der Waals surface area contributed by atoms with Crippen LogP contribution in [0.2, 0.25) is 0 Å². The number of esters is 1. The van der Waals surface area contributed by atoms with E-state index < -0.39 is 5.97 Å². The third-order valence-electron chi connectivity index (χ3n) is 2.22. The summed E-state index contributed by atoms with van der Waals surface area (Å²) in [5.74, 6) is -0.643. The molecule has 0 unspecified atom stereocenters. The van der Waals surface area contributed by atoms with Gasteiger partial charge < -0.3 is 15.2 Å². The van der Waals surface area contributed by atoms with Crippen LogP contribution in [0, 0.1) is 5.41 Å². The minimum absolute atomic E-state index is 0.142. The monoisotopic (exact) mass is 244 g/mol. The Morgan fingerprint density at radius 2 is 1.82 bits per heavy atom. The molecule has 0 aromatic carbocycles. The molecule has 0 rings (SSSR count). The van der Waals surface area contributed by atoms with Gasteiger partial charge in [0.15, 0.2) is 0 Å². The maximum atomic E-state index is 11.0. The summed E-state index contributed by atoms with van der Waals surface area (Å²) in [6, 6.07) is 0. The Morgan fingerprint density at radius 1 is 1.12 bits per heavy atom. The summed E-state index contributed by atoms with van der Waals surface area (Å²) in [7, 11) is 0. The third kappa shape index (κ3) is 12.8. The molecular formula is C12H24N2O3. The van der Waals surface area contributed by atoms with Crippen molar-refractivity contribution in [1.29, 1.82) is 5.41 Å². The van der Waals surface area contributed by atoms with Crippen molar-refractivity contribution in [2.45, 2.75) is 45.4 Å². The molecule has 5 heteroatoms. The van der Waals surface area contributed by atoms with Gasteiger partial charge in [-0.15, -0.1) is 0 Å². The summed E-state index contributed by atoms with van der Waals surface area (Å²) in [6.45, 7) is 3.55. The van der Waals surface area contributed by atoms with Gasteiger partial charge in [-0.05, 0) is 6.42 Å². The zero-order chi connectivity index (χ0) is 12.9. The average molecular weight is 244 g/mol. The van der Waals surface area contributed by atoms with Crippen molar-refractivity contribution in [2.24, 2.45) is 5.73 Å². The SMILES string of the molecule is CCCCCCCOCCOC(=O)CC(=N)N. The van der Waals surface area contributed by atoms with Crippen LogP contribution in [0.25, 0.3) is 0 Å². The lowest BCUT2D eigenvalue weighted by atomic mass is 10.2. The van der Waals surface area contributed by atoms with Gasteiger partial charge in [0, 0.05) is 6.61 Å². The Morgan fingerprint density at radius 3 is 2.47 bits per heavy atom. The van der Waals surface area contributed by atoms with Crippen molar-refractivity contribution in [1.82, 2.24) is 0 Å². The van der Waals surface area contributed by atoms with Gasteiger partial charge >= 0.3 is 5.97 Å². The summed E-state index contributed by atoms with van der Waals surface area (Å²) in [5.41, 5.74) is 5.05. The Balaban J connectivity index is 3.13. The second-order valence-electron chi connectivity index (χ2n) is 3.95. The molecule has 3 N–H and O–H groups in total. The zero-order valence-electron chi connectivity index (χ0n) is 10.7. The Kier molecular flexibility index (Phi) is 10.7. The predicted octanol–water partition coefficient (Wildman–Crippen LogP) is 1.84. The lowest BCUT2D eigenvalue weighted by Gasteiger charge is -2.05. The molecule has 0 aliphatic carbocycles. The second kappa shape index (κ2) is 11.4. The van der Waals surface area contributed by atoms with E-state index in [1.807, 2.05) is 0 Å². The van der Waals surface area contributed by atoms with Crippen molar-refractivity contribution in [3.63, 3.8) is 0 Å². The first-order chi connectivity index (χ1) is 8.16. The number of carbonyl (C=O) groups is 1. The van der Waals surface area contributed by atoms with Crippen LogP contribution in [-0.4, -0.2) is 31.6 Å². The molecule has 17 heavy (non-hydrogen) atoms. The maximum absolute atomic E-state index is 11.0. The van der Waals surface area contributed by atoms with E-state index in [1.165, 1.54) is 25.7 Å². The number of amidine groups is 1. The fourth-order valence-electron chi connectivity index (χ4n) is 1.33. The molecule has 0 spiro atoms. The first-order valence-electron chi connectivity index (χ1n) is 6.23. The van der Waals surface area contributed by atoms with E-state index in [0.29, 0.717) is 13.2 Å². The highest BCUT2D eigenvalue weighted by atomic mass is 16.6. The zero-order valence-corrected chi connectivity index (χ0v) is 10.7. The van der Waals surface area contributed by atoms with Crippen LogP contribution in [0.4, 0.5) is 0 Å². The van der Waals surface area contributed by atoms with Gasteiger partial charge in [-0.25, -0.2) is 0 Å². The molecule has 0 heterocycles. The molecule has 0 saturated carbocycles. The van der Waals surface area contributed by atoms with E-state index in [2.05, 4.69) is 6.92 Å². The van der Waals surface area contributed by atoms with Gasteiger partial charge in [-0.1, -0.05) is 32.6 Å². The second-order valence-corrected chi connectivity index (χ2v) is 3.95. The molecule has 0 saturated heterocycles. The molecule has 0 fully saturated rings. The van der Waals surface area contributed by atoms with Crippen LogP contribution in [0.3, 0.4) is 0 Å². The summed E-state index contributed by atoms with van der Waals surface area (Å²) >= 11 is 0. The van der Waals surface area contributed by atoms with Crippen molar-refractivity contribution >= 4 is 11.8 Å². The molecular weight excluding hydrogens is 220 g/mol. The topological polar surface area (TPSA) is 85.4 Å². The van der Waals surface area contributed by atoms with Gasteiger partial charge in [-0.2, -0.15) is 0 Å². The number of hydrogen-bond acceptors (Lipinski definition) is 4. The summed E-state index contributed by atoms with van der Waals surface area (Å²) < 4.78 is 10.1. The lowest BCUT2D eigenvalue weighted by Crippen LogP contribution is -2.19. The minimum Gasteiger partial charge on any atom is -0.463 e. The average Bonchev–Trinajstić information content (AvgIpc) is 2.26. The van der Waals surface area contributed by atoms with E-state index in [-0.39, 0.29) is 18.9 Å². The predicted molar refractivity (Wildman–Crippen MR) is 67.1 cm³/mol. The van der Waals surface area contributed by atoms with E-state index in [9.17, 15) is 4.79 Å². The number of nitrogens with two attached hydrogens (primary N) is 1. The fourth-order valence-corrected chi connectivity index (χ4v) is 1.33. The van der Waals surface area contributed by atoms with E-state index in [1.54, 1.807) is 0 Å². The number of unbranched alkanes of at least 4 members (excludes halogenated alkanes) is 4. The number of ether oxygens (including phenoxy) is 2. The molecule has 0 radical (unpaired) electrons. The number of hydrogen-bond donors (Lipinski definition) is 2. The molecule has 0 aromatic rings. The van der Waals surface area contributed by atoms with Crippen LogP contribution < -0.4 is 5.73 Å². The van der Waals surface area contributed by atoms with Gasteiger partial charge in [0.25, 0.3) is 0 Å². The van der Waals surface area contributed by atoms with Gasteiger partial charge in [0.2, 0.25) is 0 Å². The number of nitrogens with one attached hydrogen (secondary N) is 1. The lowest BCUT2D eigenvalue weighted by molar-refractivity contribution is -0.143. The summed E-state index contributed by atoms with van der Waals surface area (Å²) in [6.07, 6.45) is 5.89. The van der Waals surface area contributed by atoms with Crippen molar-refractivity contribution in [3.8, 4) is 0 Å². The quantitative estimate of drug-likeness (QED) is 0.251.